The van der Waals surface area contributed by atoms with E-state index in [1.165, 1.54) is 38.5 Å². The van der Waals surface area contributed by atoms with Crippen LogP contribution in [0.5, 0.6) is 0 Å². The predicted molar refractivity (Wildman–Crippen MR) is 85.3 cm³/mol. The van der Waals surface area contributed by atoms with Gasteiger partial charge in [0, 0.05) is 24.2 Å². The highest BCUT2D eigenvalue weighted by molar-refractivity contribution is 5.44. The summed E-state index contributed by atoms with van der Waals surface area (Å²) in [6.07, 6.45) is 8.03. The summed E-state index contributed by atoms with van der Waals surface area (Å²) in [6.45, 7) is 4.80. The van der Waals surface area contributed by atoms with Gasteiger partial charge >= 0.3 is 0 Å². The second-order valence-electron chi connectivity index (χ2n) is 6.24. The Hall–Kier alpha value is -1.42. The molecule has 0 radical (unpaired) electrons. The van der Waals surface area contributed by atoms with E-state index >= 15 is 0 Å². The highest BCUT2D eigenvalue weighted by Crippen LogP contribution is 2.26. The molecule has 1 atom stereocenters. The van der Waals surface area contributed by atoms with E-state index in [9.17, 15) is 10.1 Å². The number of nitrogens with one attached hydrogen (secondary N) is 1. The molecule has 4 heteroatoms. The standard InChI is InChI=1S/C17H26N2O2/c1-13-16(10-7-11-17(13)19(20)21)12-18-14(2)15-8-5-3-4-6-9-15/h7,10-11,14-15,18H,3-6,8-9,12H2,1-2H3/t14-/m1/s1. The topological polar surface area (TPSA) is 55.2 Å². The molecular formula is C17H26N2O2. The van der Waals surface area contributed by atoms with Crippen LogP contribution in [0.2, 0.25) is 0 Å². The van der Waals surface area contributed by atoms with Gasteiger partial charge in [0.2, 0.25) is 0 Å². The van der Waals surface area contributed by atoms with Gasteiger partial charge in [0.05, 0.1) is 4.92 Å². The van der Waals surface area contributed by atoms with Crippen LogP contribution in [0.15, 0.2) is 18.2 Å². The third-order valence-electron chi connectivity index (χ3n) is 4.84. The molecular weight excluding hydrogens is 264 g/mol. The molecule has 0 heterocycles. The zero-order chi connectivity index (χ0) is 15.2. The Kier molecular flexibility index (Phi) is 5.74. The van der Waals surface area contributed by atoms with Crippen molar-refractivity contribution in [3.8, 4) is 0 Å². The molecule has 1 fully saturated rings. The molecule has 0 aliphatic heterocycles. The second kappa shape index (κ2) is 7.55. The van der Waals surface area contributed by atoms with Crippen LogP contribution in [-0.2, 0) is 6.54 Å². The Morgan fingerprint density at radius 2 is 1.95 bits per heavy atom. The Bertz CT molecular complexity index is 480. The lowest BCUT2D eigenvalue weighted by atomic mass is 9.92. The lowest BCUT2D eigenvalue weighted by Gasteiger charge is -2.24. The zero-order valence-electron chi connectivity index (χ0n) is 13.1. The summed E-state index contributed by atoms with van der Waals surface area (Å²) in [7, 11) is 0. The first-order chi connectivity index (χ1) is 10.1. The molecule has 0 aromatic heterocycles. The van der Waals surface area contributed by atoms with Crippen molar-refractivity contribution in [3.63, 3.8) is 0 Å². The van der Waals surface area contributed by atoms with Crippen molar-refractivity contribution < 1.29 is 4.92 Å². The number of benzene rings is 1. The monoisotopic (exact) mass is 290 g/mol. The van der Waals surface area contributed by atoms with E-state index < -0.39 is 0 Å². The molecule has 0 saturated heterocycles. The van der Waals surface area contributed by atoms with Crippen LogP contribution in [0, 0.1) is 23.0 Å². The van der Waals surface area contributed by atoms with Gasteiger partial charge in [-0.25, -0.2) is 0 Å². The van der Waals surface area contributed by atoms with Gasteiger partial charge in [0.1, 0.15) is 0 Å². The van der Waals surface area contributed by atoms with Crippen molar-refractivity contribution in [2.45, 2.75) is 65.0 Å². The molecule has 116 valence electrons. The molecule has 1 aliphatic carbocycles. The number of nitro benzene ring substituents is 1. The average molecular weight is 290 g/mol. The molecule has 0 bridgehead atoms. The Morgan fingerprint density at radius 3 is 2.57 bits per heavy atom. The molecule has 0 amide bonds. The van der Waals surface area contributed by atoms with E-state index in [0.29, 0.717) is 12.6 Å². The number of hydrogen-bond donors (Lipinski definition) is 1. The minimum atomic E-state index is -0.298. The second-order valence-corrected chi connectivity index (χ2v) is 6.24. The highest BCUT2D eigenvalue weighted by atomic mass is 16.6. The van der Waals surface area contributed by atoms with E-state index in [-0.39, 0.29) is 10.6 Å². The van der Waals surface area contributed by atoms with Gasteiger partial charge in [0.25, 0.3) is 5.69 Å². The SMILES string of the molecule is Cc1c(CN[C@H](C)C2CCCCCC2)cccc1[N+](=O)[O-]. The maximum atomic E-state index is 11.0. The highest BCUT2D eigenvalue weighted by Gasteiger charge is 2.19. The van der Waals surface area contributed by atoms with Crippen molar-refractivity contribution in [1.82, 2.24) is 5.32 Å². The lowest BCUT2D eigenvalue weighted by Crippen LogP contribution is -2.33. The number of nitro groups is 1. The van der Waals surface area contributed by atoms with Gasteiger partial charge in [-0.05, 0) is 38.2 Å². The molecule has 1 saturated carbocycles. The smallest absolute Gasteiger partial charge is 0.272 e. The van der Waals surface area contributed by atoms with E-state index in [2.05, 4.69) is 12.2 Å². The van der Waals surface area contributed by atoms with Crippen LogP contribution in [-0.4, -0.2) is 11.0 Å². The maximum absolute atomic E-state index is 11.0. The summed E-state index contributed by atoms with van der Waals surface area (Å²) in [5.41, 5.74) is 2.03. The summed E-state index contributed by atoms with van der Waals surface area (Å²) in [5, 5.41) is 14.6. The molecule has 2 rings (SSSR count). The molecule has 1 aromatic rings. The minimum Gasteiger partial charge on any atom is -0.310 e. The quantitative estimate of drug-likeness (QED) is 0.498. The van der Waals surface area contributed by atoms with Crippen molar-refractivity contribution in [2.24, 2.45) is 5.92 Å². The molecule has 1 aliphatic rings. The summed E-state index contributed by atoms with van der Waals surface area (Å²) >= 11 is 0. The van der Waals surface area contributed by atoms with Crippen LogP contribution in [0.4, 0.5) is 5.69 Å². The van der Waals surface area contributed by atoms with E-state index in [1.807, 2.05) is 13.0 Å². The summed E-state index contributed by atoms with van der Waals surface area (Å²) < 4.78 is 0. The molecule has 0 spiro atoms. The summed E-state index contributed by atoms with van der Waals surface area (Å²) in [6, 6.07) is 5.81. The minimum absolute atomic E-state index is 0.219. The van der Waals surface area contributed by atoms with Crippen molar-refractivity contribution in [1.29, 1.82) is 0 Å². The number of hydrogen-bond acceptors (Lipinski definition) is 3. The average Bonchev–Trinajstić information content (AvgIpc) is 2.74. The normalized spacial score (nSPS) is 18.2. The van der Waals surface area contributed by atoms with Crippen molar-refractivity contribution >= 4 is 5.69 Å². The maximum Gasteiger partial charge on any atom is 0.272 e. The van der Waals surface area contributed by atoms with Gasteiger partial charge in [-0.2, -0.15) is 0 Å². The largest absolute Gasteiger partial charge is 0.310 e. The predicted octanol–water partition coefficient (Wildman–Crippen LogP) is 4.35. The van der Waals surface area contributed by atoms with Gasteiger partial charge in [-0.3, -0.25) is 10.1 Å². The first kappa shape index (κ1) is 16.0. The number of nitrogens with zero attached hydrogens (tertiary/aromatic N) is 1. The summed E-state index contributed by atoms with van der Waals surface area (Å²) in [4.78, 5) is 10.7. The Labute approximate surface area is 127 Å². The fourth-order valence-electron chi connectivity index (χ4n) is 3.31. The van der Waals surface area contributed by atoms with Crippen molar-refractivity contribution in [2.75, 3.05) is 0 Å². The lowest BCUT2D eigenvalue weighted by molar-refractivity contribution is -0.385. The van der Waals surface area contributed by atoms with Gasteiger partial charge < -0.3 is 5.32 Å². The molecule has 1 aromatic carbocycles. The van der Waals surface area contributed by atoms with Crippen LogP contribution < -0.4 is 5.32 Å². The third-order valence-corrected chi connectivity index (χ3v) is 4.84. The van der Waals surface area contributed by atoms with Gasteiger partial charge in [0.15, 0.2) is 0 Å². The van der Waals surface area contributed by atoms with Gasteiger partial charge in [-0.15, -0.1) is 0 Å². The first-order valence-corrected chi connectivity index (χ1v) is 8.06. The fraction of sp³-hybridized carbons (Fsp3) is 0.647. The molecule has 4 nitrogen and oxygen atoms in total. The Balaban J connectivity index is 1.96. The van der Waals surface area contributed by atoms with Crippen LogP contribution in [0.1, 0.15) is 56.6 Å². The summed E-state index contributed by atoms with van der Waals surface area (Å²) in [5.74, 6) is 0.742. The van der Waals surface area contributed by atoms with Crippen LogP contribution in [0.25, 0.3) is 0 Å². The molecule has 1 N–H and O–H groups in total. The van der Waals surface area contributed by atoms with Crippen molar-refractivity contribution in [3.05, 3.63) is 39.4 Å². The molecule has 21 heavy (non-hydrogen) atoms. The van der Waals surface area contributed by atoms with Gasteiger partial charge in [-0.1, -0.05) is 37.8 Å². The van der Waals surface area contributed by atoms with Crippen LogP contribution in [0.3, 0.4) is 0 Å². The van der Waals surface area contributed by atoms with Crippen LogP contribution >= 0.6 is 0 Å². The molecule has 0 unspecified atom stereocenters. The van der Waals surface area contributed by atoms with E-state index in [4.69, 9.17) is 0 Å². The third kappa shape index (κ3) is 4.27. The fourth-order valence-corrected chi connectivity index (χ4v) is 3.31. The van der Waals surface area contributed by atoms with E-state index in [0.717, 1.165) is 17.0 Å². The van der Waals surface area contributed by atoms with E-state index in [1.54, 1.807) is 12.1 Å². The zero-order valence-corrected chi connectivity index (χ0v) is 13.1. The first-order valence-electron chi connectivity index (χ1n) is 8.06. The number of rotatable bonds is 5. The Morgan fingerprint density at radius 1 is 1.29 bits per heavy atom.